The van der Waals surface area contributed by atoms with E-state index in [4.69, 9.17) is 5.73 Å². The molecule has 0 aliphatic heterocycles. The van der Waals surface area contributed by atoms with Crippen LogP contribution in [0.15, 0.2) is 23.4 Å². The van der Waals surface area contributed by atoms with Crippen molar-refractivity contribution in [2.75, 3.05) is 4.72 Å². The van der Waals surface area contributed by atoms with E-state index in [2.05, 4.69) is 10.2 Å². The van der Waals surface area contributed by atoms with Crippen LogP contribution in [0.3, 0.4) is 0 Å². The molecule has 0 saturated carbocycles. The highest BCUT2D eigenvalue weighted by atomic mass is 32.2. The Morgan fingerprint density at radius 3 is 2.50 bits per heavy atom. The average Bonchev–Trinajstić information content (AvgIpc) is 2.84. The molecule has 2 aromatic rings. The summed E-state index contributed by atoms with van der Waals surface area (Å²) in [6.07, 6.45) is 1.19. The highest BCUT2D eigenvalue weighted by molar-refractivity contribution is 7.92. The van der Waals surface area contributed by atoms with Gasteiger partial charge in [0.25, 0.3) is 10.0 Å². The van der Waals surface area contributed by atoms with E-state index >= 15 is 0 Å². The Morgan fingerprint density at radius 1 is 1.20 bits per heavy atom. The molecular weight excluding hydrogens is 297 g/mol. The molecule has 0 aliphatic rings. The minimum Gasteiger partial charge on any atom is -0.326 e. The van der Waals surface area contributed by atoms with Gasteiger partial charge in [0, 0.05) is 24.2 Å². The summed E-state index contributed by atoms with van der Waals surface area (Å²) >= 11 is 0. The molecule has 10 heteroatoms. The Kier molecular flexibility index (Phi) is 3.68. The summed E-state index contributed by atoms with van der Waals surface area (Å²) in [6, 6.07) is 0.644. The van der Waals surface area contributed by atoms with Crippen LogP contribution in [0, 0.1) is 17.5 Å². The van der Waals surface area contributed by atoms with Crippen molar-refractivity contribution in [1.82, 2.24) is 10.2 Å². The van der Waals surface area contributed by atoms with Crippen molar-refractivity contribution < 1.29 is 21.6 Å². The van der Waals surface area contributed by atoms with Crippen LogP contribution in [0.5, 0.6) is 0 Å². The van der Waals surface area contributed by atoms with Gasteiger partial charge >= 0.3 is 0 Å². The van der Waals surface area contributed by atoms with Gasteiger partial charge in [-0.1, -0.05) is 0 Å². The highest BCUT2D eigenvalue weighted by Crippen LogP contribution is 2.22. The molecule has 2 rings (SSSR count). The molecule has 0 saturated heterocycles. The maximum atomic E-state index is 13.4. The van der Waals surface area contributed by atoms with Gasteiger partial charge in [0.15, 0.2) is 16.7 Å². The molecule has 0 spiro atoms. The summed E-state index contributed by atoms with van der Waals surface area (Å²) in [5.74, 6) is -4.05. The molecule has 0 unspecified atom stereocenters. The number of rotatable bonds is 4. The quantitative estimate of drug-likeness (QED) is 0.736. The number of hydrogen-bond donors (Lipinski definition) is 3. The number of hydrogen-bond acceptors (Lipinski definition) is 4. The van der Waals surface area contributed by atoms with Crippen LogP contribution in [0.25, 0.3) is 0 Å². The Balaban J connectivity index is 2.41. The Labute approximate surface area is 111 Å². The van der Waals surface area contributed by atoms with E-state index in [1.807, 2.05) is 0 Å². The fourth-order valence-electron chi connectivity index (χ4n) is 1.47. The Bertz CT molecular complexity index is 745. The van der Waals surface area contributed by atoms with Crippen molar-refractivity contribution in [2.24, 2.45) is 5.73 Å². The lowest BCUT2D eigenvalue weighted by Gasteiger charge is -2.09. The van der Waals surface area contributed by atoms with E-state index in [9.17, 15) is 21.6 Å². The van der Waals surface area contributed by atoms with E-state index in [0.717, 1.165) is 0 Å². The summed E-state index contributed by atoms with van der Waals surface area (Å²) in [4.78, 5) is 0. The van der Waals surface area contributed by atoms with E-state index < -0.39 is 33.2 Å². The van der Waals surface area contributed by atoms with Gasteiger partial charge in [-0.2, -0.15) is 13.5 Å². The summed E-state index contributed by atoms with van der Waals surface area (Å²) in [7, 11) is -4.24. The van der Waals surface area contributed by atoms with Crippen LogP contribution in [-0.4, -0.2) is 18.6 Å². The third-order valence-corrected chi connectivity index (χ3v) is 3.80. The largest absolute Gasteiger partial charge is 0.326 e. The van der Waals surface area contributed by atoms with E-state index in [1.54, 1.807) is 4.72 Å². The summed E-state index contributed by atoms with van der Waals surface area (Å²) < 4.78 is 64.9. The van der Waals surface area contributed by atoms with E-state index in [1.165, 1.54) is 6.20 Å². The zero-order chi connectivity index (χ0) is 14.9. The summed E-state index contributed by atoms with van der Waals surface area (Å²) in [6.45, 7) is -0.118. The number of nitrogens with zero attached hydrogens (tertiary/aromatic N) is 1. The fraction of sp³-hybridized carbons (Fsp3) is 0.100. The zero-order valence-electron chi connectivity index (χ0n) is 9.82. The maximum Gasteiger partial charge on any atom is 0.279 e. The molecule has 0 fully saturated rings. The van der Waals surface area contributed by atoms with Crippen LogP contribution < -0.4 is 10.5 Å². The number of sulfonamides is 1. The number of nitrogens with two attached hydrogens (primary N) is 1. The lowest BCUT2D eigenvalue weighted by molar-refractivity contribution is 0.496. The number of halogens is 3. The van der Waals surface area contributed by atoms with Gasteiger partial charge in [0.2, 0.25) is 0 Å². The van der Waals surface area contributed by atoms with Crippen molar-refractivity contribution in [1.29, 1.82) is 0 Å². The van der Waals surface area contributed by atoms with Gasteiger partial charge in [-0.25, -0.2) is 13.2 Å². The van der Waals surface area contributed by atoms with Gasteiger partial charge in [-0.3, -0.25) is 9.82 Å². The molecule has 4 N–H and O–H groups in total. The third-order valence-electron chi connectivity index (χ3n) is 2.42. The molecule has 0 bridgehead atoms. The fourth-order valence-corrected chi connectivity index (χ4v) is 2.68. The van der Waals surface area contributed by atoms with Crippen LogP contribution >= 0.6 is 0 Å². The van der Waals surface area contributed by atoms with Crippen molar-refractivity contribution in [3.63, 3.8) is 0 Å². The average molecular weight is 306 g/mol. The Morgan fingerprint density at radius 2 is 1.85 bits per heavy atom. The number of nitrogens with one attached hydrogen (secondary N) is 2. The van der Waals surface area contributed by atoms with Gasteiger partial charge in [0.1, 0.15) is 5.82 Å². The zero-order valence-corrected chi connectivity index (χ0v) is 10.6. The highest BCUT2D eigenvalue weighted by Gasteiger charge is 2.22. The van der Waals surface area contributed by atoms with Gasteiger partial charge in [0.05, 0.1) is 11.9 Å². The normalized spacial score (nSPS) is 11.6. The second-order valence-electron chi connectivity index (χ2n) is 3.78. The molecule has 0 amide bonds. The number of benzene rings is 1. The first-order valence-electron chi connectivity index (χ1n) is 5.25. The first-order valence-corrected chi connectivity index (χ1v) is 6.73. The summed E-state index contributed by atoms with van der Waals surface area (Å²) in [5.41, 5.74) is 4.77. The summed E-state index contributed by atoms with van der Waals surface area (Å²) in [5, 5.41) is 5.32. The van der Waals surface area contributed by atoms with Crippen LogP contribution in [0.4, 0.5) is 18.9 Å². The maximum absolute atomic E-state index is 13.4. The molecule has 0 radical (unpaired) electrons. The van der Waals surface area contributed by atoms with Crippen molar-refractivity contribution in [3.05, 3.63) is 41.3 Å². The van der Waals surface area contributed by atoms with Crippen LogP contribution in [0.1, 0.15) is 5.56 Å². The van der Waals surface area contributed by atoms with Gasteiger partial charge in [-0.15, -0.1) is 0 Å². The SMILES string of the molecule is NCc1cn[nH]c1S(=O)(=O)Nc1cc(F)c(F)cc1F. The van der Waals surface area contributed by atoms with E-state index in [0.29, 0.717) is 6.07 Å². The van der Waals surface area contributed by atoms with Crippen molar-refractivity contribution in [2.45, 2.75) is 11.6 Å². The van der Waals surface area contributed by atoms with Gasteiger partial charge < -0.3 is 5.73 Å². The molecule has 108 valence electrons. The standard InChI is InChI=1S/C10H9F3N4O2S/c11-6-1-8(13)9(2-7(6)12)17-20(18,19)10-5(3-14)4-15-16-10/h1-2,4,17H,3,14H2,(H,15,16). The predicted molar refractivity (Wildman–Crippen MR) is 63.6 cm³/mol. The van der Waals surface area contributed by atoms with Crippen LogP contribution in [0.2, 0.25) is 0 Å². The monoisotopic (exact) mass is 306 g/mol. The predicted octanol–water partition coefficient (Wildman–Crippen LogP) is 1.09. The van der Waals surface area contributed by atoms with Gasteiger partial charge in [-0.05, 0) is 0 Å². The van der Waals surface area contributed by atoms with E-state index in [-0.39, 0.29) is 23.2 Å². The van der Waals surface area contributed by atoms with Crippen molar-refractivity contribution >= 4 is 15.7 Å². The minimum absolute atomic E-state index is 0.118. The molecule has 1 aromatic heterocycles. The lowest BCUT2D eigenvalue weighted by atomic mass is 10.3. The Hall–Kier alpha value is -2.07. The molecule has 20 heavy (non-hydrogen) atoms. The lowest BCUT2D eigenvalue weighted by Crippen LogP contribution is -2.17. The second kappa shape index (κ2) is 5.13. The number of aromatic amines is 1. The third kappa shape index (κ3) is 2.60. The van der Waals surface area contributed by atoms with Crippen molar-refractivity contribution in [3.8, 4) is 0 Å². The molecule has 1 heterocycles. The topological polar surface area (TPSA) is 101 Å². The van der Waals surface area contributed by atoms with Crippen LogP contribution in [-0.2, 0) is 16.6 Å². The number of aromatic nitrogens is 2. The minimum atomic E-state index is -4.24. The molecule has 6 nitrogen and oxygen atoms in total. The second-order valence-corrected chi connectivity index (χ2v) is 5.40. The number of anilines is 1. The number of H-pyrrole nitrogens is 1. The molecule has 0 atom stereocenters. The molecular formula is C10H9F3N4O2S. The molecule has 0 aliphatic carbocycles. The first-order chi connectivity index (χ1) is 9.35. The first kappa shape index (κ1) is 14.3. The molecule has 1 aromatic carbocycles. The smallest absolute Gasteiger partial charge is 0.279 e.